The van der Waals surface area contributed by atoms with Gasteiger partial charge in [0.25, 0.3) is 5.56 Å². The number of fused-ring (bicyclic) bond motifs is 1. The molecular weight excluding hydrogens is 562 g/mol. The van der Waals surface area contributed by atoms with Crippen molar-refractivity contribution in [1.29, 1.82) is 0 Å². The quantitative estimate of drug-likeness (QED) is 0.217. The van der Waals surface area contributed by atoms with Gasteiger partial charge in [0.15, 0.2) is 11.5 Å². The number of ether oxygens (including phenoxy) is 4. The molecule has 1 aromatic heterocycles. The van der Waals surface area contributed by atoms with Gasteiger partial charge in [-0.05, 0) is 72.0 Å². The van der Waals surface area contributed by atoms with E-state index in [4.69, 9.17) is 18.9 Å². The van der Waals surface area contributed by atoms with Crippen LogP contribution in [0.15, 0.2) is 71.5 Å². The predicted octanol–water partition coefficient (Wildman–Crippen LogP) is 5.07. The van der Waals surface area contributed by atoms with Crippen molar-refractivity contribution in [1.82, 2.24) is 4.57 Å². The van der Waals surface area contributed by atoms with Gasteiger partial charge in [-0.25, -0.2) is 0 Å². The van der Waals surface area contributed by atoms with Crippen LogP contribution in [-0.4, -0.2) is 48.2 Å². The van der Waals surface area contributed by atoms with Gasteiger partial charge in [-0.1, -0.05) is 30.3 Å². The number of methoxy groups -OCH3 is 2. The molecule has 0 amide bonds. The maximum atomic E-state index is 13.9. The molecule has 1 unspecified atom stereocenters. The topological polar surface area (TPSA) is 116 Å². The molecule has 4 aromatic rings. The second-order valence-electron chi connectivity index (χ2n) is 10.8. The van der Waals surface area contributed by atoms with Crippen LogP contribution >= 0.6 is 0 Å². The zero-order valence-corrected chi connectivity index (χ0v) is 25.2. The maximum absolute atomic E-state index is 13.9. The third kappa shape index (κ3) is 6.83. The molecular formula is C35H37NO8. The van der Waals surface area contributed by atoms with Crippen molar-refractivity contribution < 1.29 is 34.0 Å². The molecule has 0 saturated heterocycles. The van der Waals surface area contributed by atoms with E-state index in [0.29, 0.717) is 55.4 Å². The summed E-state index contributed by atoms with van der Waals surface area (Å²) in [6, 6.07) is 19.7. The van der Waals surface area contributed by atoms with Crippen LogP contribution in [-0.2, 0) is 35.3 Å². The smallest absolute Gasteiger partial charge is 0.306 e. The van der Waals surface area contributed by atoms with Gasteiger partial charge in [0.1, 0.15) is 17.2 Å². The first-order valence-electron chi connectivity index (χ1n) is 14.6. The van der Waals surface area contributed by atoms with Gasteiger partial charge in [0, 0.05) is 31.0 Å². The highest BCUT2D eigenvalue weighted by Gasteiger charge is 2.27. The second-order valence-corrected chi connectivity index (χ2v) is 10.8. The molecule has 0 aliphatic carbocycles. The van der Waals surface area contributed by atoms with Crippen molar-refractivity contribution in [3.8, 4) is 28.7 Å². The number of carbonyl (C=O) groups excluding carboxylic acids is 1. The Morgan fingerprint density at radius 2 is 1.73 bits per heavy atom. The van der Waals surface area contributed by atoms with Gasteiger partial charge < -0.3 is 33.7 Å². The third-order valence-electron chi connectivity index (χ3n) is 8.02. The Morgan fingerprint density at radius 1 is 0.955 bits per heavy atom. The lowest BCUT2D eigenvalue weighted by Crippen LogP contribution is -2.29. The number of rotatable bonds is 12. The Labute approximate surface area is 256 Å². The molecule has 44 heavy (non-hydrogen) atoms. The van der Waals surface area contributed by atoms with E-state index in [1.165, 1.54) is 12.7 Å². The predicted molar refractivity (Wildman–Crippen MR) is 165 cm³/mol. The number of hydrogen-bond acceptors (Lipinski definition) is 8. The van der Waals surface area contributed by atoms with E-state index in [2.05, 4.69) is 6.07 Å². The lowest BCUT2D eigenvalue weighted by atomic mass is 9.88. The molecule has 9 heteroatoms. The summed E-state index contributed by atoms with van der Waals surface area (Å²) in [5.41, 5.74) is 4.16. The Hall–Kier alpha value is -4.92. The molecule has 2 heterocycles. The molecule has 1 atom stereocenters. The number of nitrogens with zero attached hydrogens (tertiary/aromatic N) is 1. The second kappa shape index (κ2) is 13.6. The number of phenols is 1. The zero-order chi connectivity index (χ0) is 31.2. The van der Waals surface area contributed by atoms with Gasteiger partial charge >= 0.3 is 5.97 Å². The van der Waals surface area contributed by atoms with E-state index in [1.807, 2.05) is 12.1 Å². The summed E-state index contributed by atoms with van der Waals surface area (Å²) in [5, 5.41) is 20.7. The first kappa shape index (κ1) is 30.5. The highest BCUT2D eigenvalue weighted by Crippen LogP contribution is 2.37. The molecule has 0 fully saturated rings. The highest BCUT2D eigenvalue weighted by molar-refractivity contribution is 5.71. The highest BCUT2D eigenvalue weighted by atomic mass is 16.5. The molecule has 5 rings (SSSR count). The van der Waals surface area contributed by atoms with Crippen LogP contribution in [0.25, 0.3) is 0 Å². The molecule has 0 bridgehead atoms. The molecule has 1 aliphatic rings. The number of phenolic OH excluding ortho intramolecular Hbond substituents is 1. The summed E-state index contributed by atoms with van der Waals surface area (Å²) in [6.07, 6.45) is 1.93. The van der Waals surface area contributed by atoms with Gasteiger partial charge in [-0.3, -0.25) is 9.59 Å². The molecule has 1 aliphatic heterocycles. The third-order valence-corrected chi connectivity index (χ3v) is 8.02. The first-order chi connectivity index (χ1) is 21.3. The maximum Gasteiger partial charge on any atom is 0.306 e. The monoisotopic (exact) mass is 599 g/mol. The van der Waals surface area contributed by atoms with E-state index in [0.717, 1.165) is 23.3 Å². The van der Waals surface area contributed by atoms with Gasteiger partial charge in [0.05, 0.1) is 39.4 Å². The molecule has 0 radical (unpaired) electrons. The lowest BCUT2D eigenvalue weighted by molar-refractivity contribution is -0.140. The number of aromatic nitrogens is 1. The summed E-state index contributed by atoms with van der Waals surface area (Å²) in [5.74, 6) is 0.543. The number of esters is 1. The van der Waals surface area contributed by atoms with E-state index in [9.17, 15) is 19.8 Å². The number of hydrogen-bond donors (Lipinski definition) is 2. The van der Waals surface area contributed by atoms with E-state index < -0.39 is 17.4 Å². The Morgan fingerprint density at radius 3 is 2.48 bits per heavy atom. The zero-order valence-electron chi connectivity index (χ0n) is 25.2. The summed E-state index contributed by atoms with van der Waals surface area (Å²) in [6.45, 7) is 3.18. The summed E-state index contributed by atoms with van der Waals surface area (Å²) in [7, 11) is 2.84. The fourth-order valence-corrected chi connectivity index (χ4v) is 5.61. The van der Waals surface area contributed by atoms with Crippen molar-refractivity contribution in [3.05, 3.63) is 111 Å². The molecule has 2 N–H and O–H groups in total. The Balaban J connectivity index is 1.44. The Kier molecular flexibility index (Phi) is 9.43. The van der Waals surface area contributed by atoms with Crippen LogP contribution in [0.3, 0.4) is 0 Å². The largest absolute Gasteiger partial charge is 0.508 e. The molecule has 230 valence electrons. The van der Waals surface area contributed by atoms with Crippen molar-refractivity contribution in [3.63, 3.8) is 0 Å². The van der Waals surface area contributed by atoms with Crippen LogP contribution in [0, 0.1) is 6.92 Å². The minimum atomic E-state index is -0.805. The normalized spacial score (nSPS) is 12.7. The van der Waals surface area contributed by atoms with Crippen molar-refractivity contribution in [2.75, 3.05) is 27.4 Å². The number of aromatic hydroxyl groups is 2. The van der Waals surface area contributed by atoms with Gasteiger partial charge in [0.2, 0.25) is 0 Å². The average Bonchev–Trinajstić information content (AvgIpc) is 3.49. The summed E-state index contributed by atoms with van der Waals surface area (Å²) < 4.78 is 23.9. The molecule has 3 aromatic carbocycles. The number of carbonyl (C=O) groups is 1. The number of aryl methyl sites for hydroxylation is 2. The van der Waals surface area contributed by atoms with Crippen LogP contribution in [0.4, 0.5) is 0 Å². The van der Waals surface area contributed by atoms with Crippen LogP contribution in [0.1, 0.15) is 45.8 Å². The first-order valence-corrected chi connectivity index (χ1v) is 14.6. The fourth-order valence-electron chi connectivity index (χ4n) is 5.61. The van der Waals surface area contributed by atoms with Crippen molar-refractivity contribution >= 4 is 5.97 Å². The van der Waals surface area contributed by atoms with Crippen LogP contribution in [0.2, 0.25) is 0 Å². The summed E-state index contributed by atoms with van der Waals surface area (Å²) >= 11 is 0. The number of pyridine rings is 1. The SMILES string of the molecule is COC(=O)CC(c1ccc(OC)c(OCCc2ccc3c(c2)CCO3)c1)c1c(O)cc(C)n(CCc2ccc(O)cc2)c1=O. The molecule has 9 nitrogen and oxygen atoms in total. The van der Waals surface area contributed by atoms with E-state index in [-0.39, 0.29) is 23.5 Å². The van der Waals surface area contributed by atoms with Crippen LogP contribution in [0.5, 0.6) is 28.7 Å². The average molecular weight is 600 g/mol. The van der Waals surface area contributed by atoms with E-state index >= 15 is 0 Å². The number of benzene rings is 3. The fraction of sp³-hybridized carbons (Fsp3) is 0.314. The Bertz CT molecular complexity index is 1690. The molecule has 0 saturated carbocycles. The minimum absolute atomic E-state index is 0.100. The molecule has 0 spiro atoms. The lowest BCUT2D eigenvalue weighted by Gasteiger charge is -2.22. The standard InChI is InChI=1S/C35H37NO8/c1-22-18-29(38)34(35(40)36(22)15-12-23-4-8-27(37)9-5-23)28(21-33(39)42-3)25-7-11-31(41-2)32(20-25)44-16-13-24-6-10-30-26(19-24)14-17-43-30/h4-11,18-20,28,37-38H,12-17,21H2,1-3H3. The van der Waals surface area contributed by atoms with Crippen molar-refractivity contribution in [2.24, 2.45) is 0 Å². The minimum Gasteiger partial charge on any atom is -0.508 e. The van der Waals surface area contributed by atoms with E-state index in [1.54, 1.807) is 67.1 Å². The van der Waals surface area contributed by atoms with Gasteiger partial charge in [-0.15, -0.1) is 0 Å². The summed E-state index contributed by atoms with van der Waals surface area (Å²) in [4.78, 5) is 26.5. The van der Waals surface area contributed by atoms with Crippen LogP contribution < -0.4 is 19.8 Å². The van der Waals surface area contributed by atoms with Gasteiger partial charge in [-0.2, -0.15) is 0 Å². The van der Waals surface area contributed by atoms with Crippen molar-refractivity contribution in [2.45, 2.75) is 45.1 Å².